The minimum absolute atomic E-state index is 0.0165. The SMILES string of the molecule is Cc1ncccc1C(=O)N1CCNC(=O)c2coc(n2)[C@H](Cc2ccccc2)NC(=O)c2csc(n2)[C@H](C(C)C)NC(=O)C1. The van der Waals surface area contributed by atoms with Gasteiger partial charge in [-0.15, -0.1) is 11.3 Å². The molecule has 4 bridgehead atoms. The van der Waals surface area contributed by atoms with Gasteiger partial charge >= 0.3 is 0 Å². The molecule has 12 nitrogen and oxygen atoms in total. The van der Waals surface area contributed by atoms with Gasteiger partial charge in [0.1, 0.15) is 23.0 Å². The molecule has 1 aliphatic heterocycles. The van der Waals surface area contributed by atoms with Crippen LogP contribution in [-0.2, 0) is 11.2 Å². The van der Waals surface area contributed by atoms with Crippen LogP contribution in [-0.4, -0.2) is 63.1 Å². The minimum atomic E-state index is -0.688. The molecule has 0 fully saturated rings. The van der Waals surface area contributed by atoms with Crippen molar-refractivity contribution in [2.45, 2.75) is 39.3 Å². The molecule has 2 atom stereocenters. The van der Waals surface area contributed by atoms with Crippen LogP contribution in [0.25, 0.3) is 0 Å². The zero-order valence-electron chi connectivity index (χ0n) is 24.6. The topological polar surface area (TPSA) is 159 Å². The lowest BCUT2D eigenvalue weighted by Gasteiger charge is -2.25. The van der Waals surface area contributed by atoms with Gasteiger partial charge in [-0.3, -0.25) is 24.2 Å². The van der Waals surface area contributed by atoms with E-state index >= 15 is 0 Å². The molecule has 0 aliphatic carbocycles. The highest BCUT2D eigenvalue weighted by Crippen LogP contribution is 2.26. The summed E-state index contributed by atoms with van der Waals surface area (Å²) in [6, 6.07) is 11.6. The van der Waals surface area contributed by atoms with Crippen LogP contribution >= 0.6 is 11.3 Å². The molecule has 0 radical (unpaired) electrons. The van der Waals surface area contributed by atoms with Gasteiger partial charge in [0.25, 0.3) is 17.7 Å². The number of hydrogen-bond acceptors (Lipinski definition) is 9. The third-order valence-corrected chi connectivity index (χ3v) is 8.10. The molecule has 0 spiro atoms. The van der Waals surface area contributed by atoms with Gasteiger partial charge in [0.05, 0.1) is 18.2 Å². The first-order chi connectivity index (χ1) is 21.2. The molecule has 1 aliphatic rings. The van der Waals surface area contributed by atoms with Crippen LogP contribution in [0.4, 0.5) is 0 Å². The minimum Gasteiger partial charge on any atom is -0.446 e. The van der Waals surface area contributed by atoms with Crippen molar-refractivity contribution < 1.29 is 23.6 Å². The number of amides is 4. The van der Waals surface area contributed by atoms with Gasteiger partial charge in [-0.25, -0.2) is 9.97 Å². The number of rotatable bonds is 4. The van der Waals surface area contributed by atoms with E-state index in [-0.39, 0.29) is 42.8 Å². The standard InChI is InChI=1S/C31H33N7O5S/c1-18(2)26-30-36-24(17-44-30)28(41)34-22(14-20-8-5-4-6-9-20)29-35-23(16-43-29)27(40)33-12-13-38(15-25(39)37-26)31(42)21-10-7-11-32-19(21)3/h4-11,16-18,22,26H,12-15H2,1-3H3,(H,33,40)(H,34,41)(H,37,39)/t22-,26-/m0/s1. The van der Waals surface area contributed by atoms with E-state index in [2.05, 4.69) is 30.9 Å². The predicted octanol–water partition coefficient (Wildman–Crippen LogP) is 3.25. The van der Waals surface area contributed by atoms with Gasteiger partial charge in [0, 0.05) is 36.8 Å². The molecule has 4 amide bonds. The Bertz CT molecular complexity index is 1650. The highest BCUT2D eigenvalue weighted by atomic mass is 32.1. The van der Waals surface area contributed by atoms with Crippen molar-refractivity contribution in [3.63, 3.8) is 0 Å². The van der Waals surface area contributed by atoms with Crippen LogP contribution in [0, 0.1) is 12.8 Å². The first-order valence-electron chi connectivity index (χ1n) is 14.2. The number of carbonyl (C=O) groups excluding carboxylic acids is 4. The molecule has 0 saturated heterocycles. The van der Waals surface area contributed by atoms with Crippen LogP contribution in [0.15, 0.2) is 64.7 Å². The largest absolute Gasteiger partial charge is 0.446 e. The molecule has 44 heavy (non-hydrogen) atoms. The third-order valence-electron chi connectivity index (χ3n) is 7.17. The molecule has 4 heterocycles. The monoisotopic (exact) mass is 615 g/mol. The summed E-state index contributed by atoms with van der Waals surface area (Å²) < 4.78 is 5.68. The van der Waals surface area contributed by atoms with Crippen molar-refractivity contribution in [3.05, 3.63) is 99.4 Å². The maximum atomic E-state index is 13.5. The summed E-state index contributed by atoms with van der Waals surface area (Å²) in [7, 11) is 0. The molecule has 5 rings (SSSR count). The first-order valence-corrected chi connectivity index (χ1v) is 15.1. The normalized spacial score (nSPS) is 18.2. The maximum absolute atomic E-state index is 13.5. The summed E-state index contributed by atoms with van der Waals surface area (Å²) in [5.41, 5.74) is 2.00. The van der Waals surface area contributed by atoms with Crippen LogP contribution in [0.1, 0.15) is 79.4 Å². The van der Waals surface area contributed by atoms with Gasteiger partial charge in [0.15, 0.2) is 5.69 Å². The van der Waals surface area contributed by atoms with E-state index in [1.807, 2.05) is 44.2 Å². The number of nitrogens with zero attached hydrogens (tertiary/aromatic N) is 4. The number of pyridine rings is 1. The number of thiazole rings is 1. The van der Waals surface area contributed by atoms with Crippen molar-refractivity contribution in [1.29, 1.82) is 0 Å². The average Bonchev–Trinajstić information content (AvgIpc) is 3.70. The Labute approximate surface area is 258 Å². The lowest BCUT2D eigenvalue weighted by atomic mass is 10.0. The molecule has 1 aromatic carbocycles. The Morgan fingerprint density at radius 2 is 1.84 bits per heavy atom. The summed E-state index contributed by atoms with van der Waals surface area (Å²) >= 11 is 1.26. The highest BCUT2D eigenvalue weighted by molar-refractivity contribution is 7.09. The fourth-order valence-corrected chi connectivity index (χ4v) is 5.82. The zero-order chi connectivity index (χ0) is 31.2. The zero-order valence-corrected chi connectivity index (χ0v) is 25.4. The Kier molecular flexibility index (Phi) is 9.44. The number of hydrogen-bond donors (Lipinski definition) is 3. The molecule has 0 unspecified atom stereocenters. The van der Waals surface area contributed by atoms with Gasteiger partial charge in [-0.05, 0) is 30.5 Å². The number of carbonyl (C=O) groups is 4. The van der Waals surface area contributed by atoms with E-state index in [4.69, 9.17) is 4.42 Å². The summed E-state index contributed by atoms with van der Waals surface area (Å²) in [5, 5.41) is 10.9. The summed E-state index contributed by atoms with van der Waals surface area (Å²) in [4.78, 5) is 67.8. The molecular weight excluding hydrogens is 582 g/mol. The summed E-state index contributed by atoms with van der Waals surface area (Å²) in [6.07, 6.45) is 3.18. The smallest absolute Gasteiger partial charge is 0.273 e. The van der Waals surface area contributed by atoms with Crippen LogP contribution in [0.3, 0.4) is 0 Å². The van der Waals surface area contributed by atoms with Gasteiger partial charge in [0.2, 0.25) is 11.8 Å². The number of benzene rings is 1. The van der Waals surface area contributed by atoms with Crippen molar-refractivity contribution in [3.8, 4) is 0 Å². The Hall–Kier alpha value is -4.91. The molecular formula is C31H33N7O5S. The van der Waals surface area contributed by atoms with Crippen molar-refractivity contribution in [2.75, 3.05) is 19.6 Å². The van der Waals surface area contributed by atoms with Crippen LogP contribution in [0.2, 0.25) is 0 Å². The van der Waals surface area contributed by atoms with E-state index < -0.39 is 35.7 Å². The summed E-state index contributed by atoms with van der Waals surface area (Å²) in [5.74, 6) is -1.67. The van der Waals surface area contributed by atoms with E-state index in [0.717, 1.165) is 5.56 Å². The number of fused-ring (bicyclic) bond motifs is 4. The maximum Gasteiger partial charge on any atom is 0.273 e. The molecule has 228 valence electrons. The first kappa shape index (κ1) is 30.5. The second-order valence-corrected chi connectivity index (χ2v) is 11.7. The highest BCUT2D eigenvalue weighted by Gasteiger charge is 2.28. The number of aryl methyl sites for hydroxylation is 1. The molecule has 3 N–H and O–H groups in total. The molecule has 4 aromatic rings. The van der Waals surface area contributed by atoms with Crippen molar-refractivity contribution >= 4 is 35.0 Å². The van der Waals surface area contributed by atoms with Crippen LogP contribution in [0.5, 0.6) is 0 Å². The lowest BCUT2D eigenvalue weighted by molar-refractivity contribution is -0.122. The van der Waals surface area contributed by atoms with Crippen LogP contribution < -0.4 is 16.0 Å². The third kappa shape index (κ3) is 7.17. The van der Waals surface area contributed by atoms with E-state index in [0.29, 0.717) is 22.7 Å². The second kappa shape index (κ2) is 13.6. The fraction of sp³-hybridized carbons (Fsp3) is 0.323. The number of nitrogens with one attached hydrogen (secondary N) is 3. The summed E-state index contributed by atoms with van der Waals surface area (Å²) in [6.45, 7) is 5.43. The number of oxazole rings is 1. The van der Waals surface area contributed by atoms with Gasteiger partial charge in [-0.1, -0.05) is 44.2 Å². The fourth-order valence-electron chi connectivity index (χ4n) is 4.80. The van der Waals surface area contributed by atoms with Crippen molar-refractivity contribution in [2.24, 2.45) is 5.92 Å². The Morgan fingerprint density at radius 3 is 2.59 bits per heavy atom. The Balaban J connectivity index is 1.48. The Morgan fingerprint density at radius 1 is 1.05 bits per heavy atom. The quantitative estimate of drug-likeness (QED) is 0.316. The average molecular weight is 616 g/mol. The molecule has 0 saturated carbocycles. The van der Waals surface area contributed by atoms with E-state index in [1.54, 1.807) is 30.6 Å². The van der Waals surface area contributed by atoms with Gasteiger partial charge < -0.3 is 25.3 Å². The second-order valence-electron chi connectivity index (χ2n) is 10.8. The predicted molar refractivity (Wildman–Crippen MR) is 162 cm³/mol. The number of aromatic nitrogens is 3. The molecule has 3 aromatic heterocycles. The van der Waals surface area contributed by atoms with Crippen molar-refractivity contribution in [1.82, 2.24) is 35.8 Å². The van der Waals surface area contributed by atoms with Gasteiger partial charge in [-0.2, -0.15) is 0 Å². The lowest BCUT2D eigenvalue weighted by Crippen LogP contribution is -2.45. The van der Waals surface area contributed by atoms with E-state index in [1.165, 1.54) is 22.5 Å². The molecule has 13 heteroatoms. The van der Waals surface area contributed by atoms with E-state index in [9.17, 15) is 19.2 Å².